The van der Waals surface area contributed by atoms with E-state index in [1.165, 1.54) is 0 Å². The normalized spacial score (nSPS) is 10.2. The van der Waals surface area contributed by atoms with Gasteiger partial charge in [-0.2, -0.15) is 0 Å². The van der Waals surface area contributed by atoms with E-state index in [4.69, 9.17) is 9.84 Å². The second-order valence-electron chi connectivity index (χ2n) is 3.76. The lowest BCUT2D eigenvalue weighted by atomic mass is 10.3. The minimum absolute atomic E-state index is 0.000498. The smallest absolute Gasteiger partial charge is 0.323 e. The molecule has 0 atom stereocenters. The summed E-state index contributed by atoms with van der Waals surface area (Å²) in [6.45, 7) is 3.91. The fraction of sp³-hybridized carbons (Fsp3) is 0.462. The quantitative estimate of drug-likeness (QED) is 0.703. The lowest BCUT2D eigenvalue weighted by Gasteiger charge is -2.22. The number of nitrogens with zero attached hydrogens (tertiary/aromatic N) is 1. The van der Waals surface area contributed by atoms with Crippen molar-refractivity contribution in [1.82, 2.24) is 0 Å². The van der Waals surface area contributed by atoms with Crippen LogP contribution >= 0.6 is 0 Å². The second kappa shape index (κ2) is 7.68. The highest BCUT2D eigenvalue weighted by atomic mass is 16.5. The van der Waals surface area contributed by atoms with E-state index in [-0.39, 0.29) is 6.54 Å². The van der Waals surface area contributed by atoms with Gasteiger partial charge in [-0.15, -0.1) is 0 Å². The highest BCUT2D eigenvalue weighted by molar-refractivity contribution is 5.73. The lowest BCUT2D eigenvalue weighted by molar-refractivity contribution is -0.135. The first kappa shape index (κ1) is 13.5. The van der Waals surface area contributed by atoms with Crippen molar-refractivity contribution in [2.24, 2.45) is 0 Å². The summed E-state index contributed by atoms with van der Waals surface area (Å²) in [4.78, 5) is 12.6. The Morgan fingerprint density at radius 2 is 2.00 bits per heavy atom. The summed E-state index contributed by atoms with van der Waals surface area (Å²) in [6, 6.07) is 9.52. The average molecular weight is 237 g/mol. The number of aliphatic carboxylic acids is 1. The van der Waals surface area contributed by atoms with Gasteiger partial charge in [0.1, 0.15) is 6.54 Å². The SMILES string of the molecule is CCCOCCN(CC(=O)O)c1ccccc1. The minimum atomic E-state index is -0.829. The number of carboxylic acids is 1. The first-order valence-corrected chi connectivity index (χ1v) is 5.83. The average Bonchev–Trinajstić information content (AvgIpc) is 2.34. The standard InChI is InChI=1S/C13H19NO3/c1-2-9-17-10-8-14(11-13(15)16)12-6-4-3-5-7-12/h3-7H,2,8-11H2,1H3,(H,15,16). The number of carboxylic acid groups (broad SMARTS) is 1. The summed E-state index contributed by atoms with van der Waals surface area (Å²) in [5.41, 5.74) is 0.912. The van der Waals surface area contributed by atoms with Gasteiger partial charge in [0.2, 0.25) is 0 Å². The summed E-state index contributed by atoms with van der Waals surface area (Å²) in [6.07, 6.45) is 0.976. The van der Waals surface area contributed by atoms with Crippen LogP contribution in [0.15, 0.2) is 30.3 Å². The summed E-state index contributed by atoms with van der Waals surface area (Å²) in [5, 5.41) is 8.87. The van der Waals surface area contributed by atoms with Crippen molar-refractivity contribution in [2.75, 3.05) is 31.2 Å². The molecule has 1 aromatic rings. The Bertz CT molecular complexity index is 327. The molecule has 1 rings (SSSR count). The first-order valence-electron chi connectivity index (χ1n) is 5.83. The van der Waals surface area contributed by atoms with Crippen LogP contribution in [0.4, 0.5) is 5.69 Å². The van der Waals surface area contributed by atoms with Gasteiger partial charge in [0.25, 0.3) is 0 Å². The van der Waals surface area contributed by atoms with E-state index >= 15 is 0 Å². The molecule has 1 aromatic carbocycles. The van der Waals surface area contributed by atoms with Crippen LogP contribution in [0.25, 0.3) is 0 Å². The molecule has 1 N–H and O–H groups in total. The van der Waals surface area contributed by atoms with Crippen LogP contribution in [0.3, 0.4) is 0 Å². The Morgan fingerprint density at radius 1 is 1.29 bits per heavy atom. The second-order valence-corrected chi connectivity index (χ2v) is 3.76. The Kier molecular flexibility index (Phi) is 6.10. The van der Waals surface area contributed by atoms with Gasteiger partial charge in [0.05, 0.1) is 6.61 Å². The summed E-state index contributed by atoms with van der Waals surface area (Å²) >= 11 is 0. The zero-order chi connectivity index (χ0) is 12.5. The van der Waals surface area contributed by atoms with Crippen molar-refractivity contribution in [2.45, 2.75) is 13.3 Å². The predicted octanol–water partition coefficient (Wildman–Crippen LogP) is 2.00. The molecule has 0 aliphatic heterocycles. The number of para-hydroxylation sites is 1. The maximum atomic E-state index is 10.8. The van der Waals surface area contributed by atoms with Gasteiger partial charge in [-0.1, -0.05) is 25.1 Å². The van der Waals surface area contributed by atoms with Gasteiger partial charge in [-0.25, -0.2) is 0 Å². The van der Waals surface area contributed by atoms with E-state index in [0.29, 0.717) is 13.2 Å². The maximum absolute atomic E-state index is 10.8. The van der Waals surface area contributed by atoms with E-state index in [1.54, 1.807) is 4.90 Å². The van der Waals surface area contributed by atoms with Crippen LogP contribution in [0.2, 0.25) is 0 Å². The van der Waals surface area contributed by atoms with Gasteiger partial charge in [0.15, 0.2) is 0 Å². The van der Waals surface area contributed by atoms with Crippen LogP contribution in [0.5, 0.6) is 0 Å². The highest BCUT2D eigenvalue weighted by Gasteiger charge is 2.09. The molecule has 0 aliphatic rings. The third-order valence-electron chi connectivity index (χ3n) is 2.30. The van der Waals surface area contributed by atoms with E-state index in [9.17, 15) is 4.79 Å². The molecule has 4 nitrogen and oxygen atoms in total. The third-order valence-corrected chi connectivity index (χ3v) is 2.30. The Labute approximate surface area is 102 Å². The van der Waals surface area contributed by atoms with Crippen molar-refractivity contribution in [1.29, 1.82) is 0 Å². The Balaban J connectivity index is 2.52. The van der Waals surface area contributed by atoms with Crippen molar-refractivity contribution in [3.63, 3.8) is 0 Å². The molecule has 0 spiro atoms. The van der Waals surface area contributed by atoms with E-state index in [0.717, 1.165) is 18.7 Å². The number of hydrogen-bond acceptors (Lipinski definition) is 3. The predicted molar refractivity (Wildman–Crippen MR) is 67.4 cm³/mol. The fourth-order valence-electron chi connectivity index (χ4n) is 1.52. The minimum Gasteiger partial charge on any atom is -0.480 e. The Morgan fingerprint density at radius 3 is 2.59 bits per heavy atom. The molecule has 17 heavy (non-hydrogen) atoms. The Hall–Kier alpha value is -1.55. The largest absolute Gasteiger partial charge is 0.480 e. The van der Waals surface area contributed by atoms with Crippen molar-refractivity contribution >= 4 is 11.7 Å². The third kappa shape index (κ3) is 5.36. The van der Waals surface area contributed by atoms with Gasteiger partial charge < -0.3 is 14.7 Å². The molecule has 0 unspecified atom stereocenters. The van der Waals surface area contributed by atoms with Crippen molar-refractivity contribution in [3.8, 4) is 0 Å². The van der Waals surface area contributed by atoms with Crippen LogP contribution in [0.1, 0.15) is 13.3 Å². The molecule has 0 aromatic heterocycles. The number of hydrogen-bond donors (Lipinski definition) is 1. The molecule has 0 fully saturated rings. The highest BCUT2D eigenvalue weighted by Crippen LogP contribution is 2.12. The molecule has 0 amide bonds. The van der Waals surface area contributed by atoms with Gasteiger partial charge in [-0.3, -0.25) is 4.79 Å². The molecular weight excluding hydrogens is 218 g/mol. The number of anilines is 1. The van der Waals surface area contributed by atoms with Crippen molar-refractivity contribution in [3.05, 3.63) is 30.3 Å². The first-order chi connectivity index (χ1) is 8.24. The topological polar surface area (TPSA) is 49.8 Å². The molecule has 0 saturated heterocycles. The molecule has 0 heterocycles. The van der Waals surface area contributed by atoms with Crippen molar-refractivity contribution < 1.29 is 14.6 Å². The number of benzene rings is 1. The molecule has 94 valence electrons. The molecule has 0 aliphatic carbocycles. The van der Waals surface area contributed by atoms with E-state index in [1.807, 2.05) is 37.3 Å². The maximum Gasteiger partial charge on any atom is 0.323 e. The van der Waals surface area contributed by atoms with E-state index < -0.39 is 5.97 Å². The summed E-state index contributed by atoms with van der Waals surface area (Å²) < 4.78 is 5.38. The summed E-state index contributed by atoms with van der Waals surface area (Å²) in [7, 11) is 0. The van der Waals surface area contributed by atoms with Crippen LogP contribution in [-0.2, 0) is 9.53 Å². The van der Waals surface area contributed by atoms with Crippen LogP contribution in [0, 0.1) is 0 Å². The molecule has 0 radical (unpaired) electrons. The number of ether oxygens (including phenoxy) is 1. The number of rotatable bonds is 8. The monoisotopic (exact) mass is 237 g/mol. The molecule has 4 heteroatoms. The fourth-order valence-corrected chi connectivity index (χ4v) is 1.52. The van der Waals surface area contributed by atoms with Gasteiger partial charge >= 0.3 is 5.97 Å². The zero-order valence-electron chi connectivity index (χ0n) is 10.1. The van der Waals surface area contributed by atoms with E-state index in [2.05, 4.69) is 0 Å². The van der Waals surface area contributed by atoms with Crippen LogP contribution < -0.4 is 4.90 Å². The zero-order valence-corrected chi connectivity index (χ0v) is 10.1. The molecule has 0 bridgehead atoms. The van der Waals surface area contributed by atoms with Crippen LogP contribution in [-0.4, -0.2) is 37.4 Å². The molecule has 0 saturated carbocycles. The van der Waals surface area contributed by atoms with Gasteiger partial charge in [0, 0.05) is 18.8 Å². The molecular formula is C13H19NO3. The number of carbonyl (C=O) groups is 1. The summed E-state index contributed by atoms with van der Waals surface area (Å²) in [5.74, 6) is -0.829. The lowest BCUT2D eigenvalue weighted by Crippen LogP contribution is -2.32. The van der Waals surface area contributed by atoms with Gasteiger partial charge in [-0.05, 0) is 18.6 Å².